The summed E-state index contributed by atoms with van der Waals surface area (Å²) < 4.78 is 0. The molecule has 120 valence electrons. The molecule has 1 fully saturated rings. The number of carboxylic acid groups (broad SMARTS) is 1. The van der Waals surface area contributed by atoms with Gasteiger partial charge < -0.3 is 14.9 Å². The number of hydrogen-bond acceptors (Lipinski definition) is 3. The van der Waals surface area contributed by atoms with Gasteiger partial charge in [0.2, 0.25) is 0 Å². The summed E-state index contributed by atoms with van der Waals surface area (Å²) in [5.41, 5.74) is 2.25. The Balaban J connectivity index is 1.88. The lowest BCUT2D eigenvalue weighted by Crippen LogP contribution is -2.58. The fourth-order valence-electron chi connectivity index (χ4n) is 3.46. The van der Waals surface area contributed by atoms with Gasteiger partial charge >= 0.3 is 5.97 Å². The average Bonchev–Trinajstić information content (AvgIpc) is 2.55. The van der Waals surface area contributed by atoms with E-state index < -0.39 is 5.97 Å². The van der Waals surface area contributed by atoms with Crippen molar-refractivity contribution in [3.8, 4) is 0 Å². The maximum Gasteiger partial charge on any atom is 0.305 e. The van der Waals surface area contributed by atoms with Crippen molar-refractivity contribution in [2.75, 3.05) is 22.9 Å². The first-order valence-electron chi connectivity index (χ1n) is 8.00. The standard InChI is InChI=1S/C19H22N2O2/c1-15-13-20(16-8-4-2-5-9-16)14-18(12-19(22)23)21(15)17-10-6-3-7-11-17/h2-11,15,18H,12-14H2,1H3,(H,22,23)/t15-,18+/m0/s1. The number of carboxylic acids is 1. The SMILES string of the molecule is C[C@H]1CN(c2ccccc2)C[C@@H](CC(=O)O)N1c1ccccc1. The number of anilines is 2. The Morgan fingerprint density at radius 1 is 1.00 bits per heavy atom. The molecular formula is C19H22N2O2. The predicted octanol–water partition coefficient (Wildman–Crippen LogP) is 3.25. The summed E-state index contributed by atoms with van der Waals surface area (Å²) in [5, 5.41) is 9.33. The fraction of sp³-hybridized carbons (Fsp3) is 0.316. The fourth-order valence-corrected chi connectivity index (χ4v) is 3.46. The summed E-state index contributed by atoms with van der Waals surface area (Å²) in [5.74, 6) is -0.752. The third-order valence-corrected chi connectivity index (χ3v) is 4.37. The van der Waals surface area contributed by atoms with E-state index in [1.54, 1.807) is 0 Å². The molecule has 1 N–H and O–H groups in total. The molecule has 0 radical (unpaired) electrons. The Hall–Kier alpha value is -2.49. The largest absolute Gasteiger partial charge is 0.481 e. The minimum atomic E-state index is -0.752. The number of nitrogens with zero attached hydrogens (tertiary/aromatic N) is 2. The first-order chi connectivity index (χ1) is 11.1. The predicted molar refractivity (Wildman–Crippen MR) is 93.1 cm³/mol. The summed E-state index contributed by atoms with van der Waals surface area (Å²) >= 11 is 0. The molecule has 23 heavy (non-hydrogen) atoms. The van der Waals surface area contributed by atoms with Crippen molar-refractivity contribution >= 4 is 17.3 Å². The first-order valence-corrected chi connectivity index (χ1v) is 8.00. The van der Waals surface area contributed by atoms with Gasteiger partial charge in [0.05, 0.1) is 12.5 Å². The van der Waals surface area contributed by atoms with Crippen molar-refractivity contribution in [1.82, 2.24) is 0 Å². The van der Waals surface area contributed by atoms with Gasteiger partial charge in [0.25, 0.3) is 0 Å². The number of hydrogen-bond donors (Lipinski definition) is 1. The summed E-state index contributed by atoms with van der Waals surface area (Å²) in [6, 6.07) is 20.5. The van der Waals surface area contributed by atoms with Crippen molar-refractivity contribution in [3.05, 3.63) is 60.7 Å². The maximum atomic E-state index is 11.3. The number of benzene rings is 2. The van der Waals surface area contributed by atoms with Crippen LogP contribution in [-0.2, 0) is 4.79 Å². The third-order valence-electron chi connectivity index (χ3n) is 4.37. The molecule has 3 rings (SSSR count). The van der Waals surface area contributed by atoms with E-state index in [0.717, 1.165) is 24.5 Å². The van der Waals surface area contributed by atoms with Crippen LogP contribution in [0.25, 0.3) is 0 Å². The molecule has 2 aromatic rings. The normalized spacial score (nSPS) is 21.3. The highest BCUT2D eigenvalue weighted by molar-refractivity contribution is 5.69. The van der Waals surface area contributed by atoms with Crippen LogP contribution < -0.4 is 9.80 Å². The zero-order chi connectivity index (χ0) is 16.2. The van der Waals surface area contributed by atoms with E-state index >= 15 is 0 Å². The number of rotatable bonds is 4. The first kappa shape index (κ1) is 15.4. The monoisotopic (exact) mass is 310 g/mol. The molecule has 2 aromatic carbocycles. The minimum absolute atomic E-state index is 0.0427. The summed E-state index contributed by atoms with van der Waals surface area (Å²) in [6.45, 7) is 3.77. The molecule has 0 unspecified atom stereocenters. The molecule has 1 aliphatic rings. The van der Waals surface area contributed by atoms with Crippen molar-refractivity contribution in [1.29, 1.82) is 0 Å². The zero-order valence-electron chi connectivity index (χ0n) is 13.3. The molecule has 1 saturated heterocycles. The molecule has 0 bridgehead atoms. The van der Waals surface area contributed by atoms with E-state index in [9.17, 15) is 9.90 Å². The minimum Gasteiger partial charge on any atom is -0.481 e. The maximum absolute atomic E-state index is 11.3. The Morgan fingerprint density at radius 3 is 2.13 bits per heavy atom. The van der Waals surface area contributed by atoms with Crippen LogP contribution in [0.4, 0.5) is 11.4 Å². The molecule has 0 aliphatic carbocycles. The van der Waals surface area contributed by atoms with Gasteiger partial charge in [-0.25, -0.2) is 0 Å². The Labute approximate surface area is 137 Å². The number of piperazine rings is 1. The van der Waals surface area contributed by atoms with Crippen molar-refractivity contribution in [2.45, 2.75) is 25.4 Å². The molecule has 1 heterocycles. The van der Waals surface area contributed by atoms with Crippen molar-refractivity contribution in [3.63, 3.8) is 0 Å². The highest BCUT2D eigenvalue weighted by Gasteiger charge is 2.33. The van der Waals surface area contributed by atoms with E-state index in [4.69, 9.17) is 0 Å². The van der Waals surface area contributed by atoms with Gasteiger partial charge in [-0.3, -0.25) is 4.79 Å². The summed E-state index contributed by atoms with van der Waals surface area (Å²) in [6.07, 6.45) is 0.141. The lowest BCUT2D eigenvalue weighted by atomic mass is 10.0. The van der Waals surface area contributed by atoms with E-state index in [2.05, 4.69) is 41.0 Å². The molecular weight excluding hydrogens is 288 g/mol. The van der Waals surface area contributed by atoms with Gasteiger partial charge in [0.1, 0.15) is 0 Å². The molecule has 0 saturated carbocycles. The average molecular weight is 310 g/mol. The van der Waals surface area contributed by atoms with Crippen LogP contribution in [0.2, 0.25) is 0 Å². The quantitative estimate of drug-likeness (QED) is 0.941. The second-order valence-corrected chi connectivity index (χ2v) is 6.08. The van der Waals surface area contributed by atoms with Gasteiger partial charge in [-0.1, -0.05) is 36.4 Å². The van der Waals surface area contributed by atoms with Crippen molar-refractivity contribution in [2.24, 2.45) is 0 Å². The third kappa shape index (κ3) is 3.47. The van der Waals surface area contributed by atoms with Crippen LogP contribution in [0, 0.1) is 0 Å². The topological polar surface area (TPSA) is 43.8 Å². The van der Waals surface area contributed by atoms with Crippen molar-refractivity contribution < 1.29 is 9.90 Å². The lowest BCUT2D eigenvalue weighted by Gasteiger charge is -2.47. The highest BCUT2D eigenvalue weighted by Crippen LogP contribution is 2.28. The van der Waals surface area contributed by atoms with Gasteiger partial charge in [0.15, 0.2) is 0 Å². The Morgan fingerprint density at radius 2 is 1.57 bits per heavy atom. The van der Waals surface area contributed by atoms with E-state index in [0.29, 0.717) is 0 Å². The van der Waals surface area contributed by atoms with Gasteiger partial charge in [-0.2, -0.15) is 0 Å². The summed E-state index contributed by atoms with van der Waals surface area (Å²) in [4.78, 5) is 15.9. The van der Waals surface area contributed by atoms with Crippen LogP contribution in [-0.4, -0.2) is 36.2 Å². The van der Waals surface area contributed by atoms with Crippen LogP contribution in [0.1, 0.15) is 13.3 Å². The smallest absolute Gasteiger partial charge is 0.305 e. The molecule has 4 heteroatoms. The zero-order valence-corrected chi connectivity index (χ0v) is 13.3. The Kier molecular flexibility index (Phi) is 4.51. The number of carbonyl (C=O) groups is 1. The number of aliphatic carboxylic acids is 1. The van der Waals surface area contributed by atoms with Gasteiger partial charge in [0, 0.05) is 30.5 Å². The van der Waals surface area contributed by atoms with Gasteiger partial charge in [-0.15, -0.1) is 0 Å². The van der Waals surface area contributed by atoms with Crippen LogP contribution in [0.3, 0.4) is 0 Å². The molecule has 4 nitrogen and oxygen atoms in total. The number of para-hydroxylation sites is 2. The molecule has 0 aromatic heterocycles. The lowest BCUT2D eigenvalue weighted by molar-refractivity contribution is -0.137. The van der Waals surface area contributed by atoms with E-state index in [1.165, 1.54) is 0 Å². The van der Waals surface area contributed by atoms with E-state index in [-0.39, 0.29) is 18.5 Å². The van der Waals surface area contributed by atoms with Crippen LogP contribution in [0.5, 0.6) is 0 Å². The molecule has 2 atom stereocenters. The second-order valence-electron chi connectivity index (χ2n) is 6.08. The van der Waals surface area contributed by atoms with Crippen LogP contribution >= 0.6 is 0 Å². The molecule has 0 amide bonds. The summed E-state index contributed by atoms with van der Waals surface area (Å²) in [7, 11) is 0. The molecule has 1 aliphatic heterocycles. The van der Waals surface area contributed by atoms with Crippen LogP contribution in [0.15, 0.2) is 60.7 Å². The molecule has 0 spiro atoms. The van der Waals surface area contributed by atoms with E-state index in [1.807, 2.05) is 36.4 Å². The second kappa shape index (κ2) is 6.73. The van der Waals surface area contributed by atoms with Gasteiger partial charge in [-0.05, 0) is 31.2 Å². The Bertz CT molecular complexity index is 645. The highest BCUT2D eigenvalue weighted by atomic mass is 16.4.